The van der Waals surface area contributed by atoms with Gasteiger partial charge in [-0.1, -0.05) is 80.0 Å². The summed E-state index contributed by atoms with van der Waals surface area (Å²) in [6, 6.07) is 19.9. The quantitative estimate of drug-likeness (QED) is 0.103. The van der Waals surface area contributed by atoms with E-state index in [1.54, 1.807) is 39.0 Å². The summed E-state index contributed by atoms with van der Waals surface area (Å²) in [5, 5.41) is 16.8. The number of hydrogen-bond acceptors (Lipinski definition) is 8. The van der Waals surface area contributed by atoms with Crippen LogP contribution in [0.1, 0.15) is 44.7 Å². The lowest BCUT2D eigenvalue weighted by molar-refractivity contribution is -0.130. The monoisotopic (exact) mass is 634 g/mol. The first-order valence-corrected chi connectivity index (χ1v) is 15.3. The minimum atomic E-state index is -1.19. The third-order valence-corrected chi connectivity index (χ3v) is 7.98. The molecule has 230 valence electrons. The summed E-state index contributed by atoms with van der Waals surface area (Å²) < 4.78 is 7.29. The number of ether oxygens (including phenoxy) is 1. The standard InChI is InChI=1S/C32H35ClN6O4S/c1-20-13-16-26(21(2)18-20)43-17-9-12-27(40)34-22-14-15-24(33)25(19-22)35-30(42)28(29(41)32(3,4)5)44-31-36-37-38-39(31)23-10-7-6-8-11-23/h6-8,10-11,13-16,18-19,28H,9,12,17H2,1-5H3,(H,34,40)(H,35,42). The number of carbonyl (C=O) groups is 3. The predicted molar refractivity (Wildman–Crippen MR) is 173 cm³/mol. The van der Waals surface area contributed by atoms with Crippen molar-refractivity contribution in [2.75, 3.05) is 17.2 Å². The third-order valence-electron chi connectivity index (χ3n) is 6.52. The Hall–Kier alpha value is -4.22. The number of Topliss-reactive ketones (excluding diaryl/α,β-unsaturated/α-hetero) is 1. The van der Waals surface area contributed by atoms with Crippen molar-refractivity contribution in [3.63, 3.8) is 0 Å². The highest BCUT2D eigenvalue weighted by Crippen LogP contribution is 2.32. The number of nitrogens with one attached hydrogen (secondary N) is 2. The molecule has 10 nitrogen and oxygen atoms in total. The number of anilines is 2. The normalized spacial score (nSPS) is 12.0. The van der Waals surface area contributed by atoms with Crippen molar-refractivity contribution in [1.82, 2.24) is 20.2 Å². The Balaban J connectivity index is 1.42. The fourth-order valence-corrected chi connectivity index (χ4v) is 5.53. The smallest absolute Gasteiger partial charge is 0.245 e. The molecule has 12 heteroatoms. The highest BCUT2D eigenvalue weighted by molar-refractivity contribution is 8.01. The molecule has 1 heterocycles. The highest BCUT2D eigenvalue weighted by atomic mass is 35.5. The second kappa shape index (κ2) is 14.5. The fraction of sp³-hybridized carbons (Fsp3) is 0.312. The van der Waals surface area contributed by atoms with E-state index in [1.807, 2.05) is 62.4 Å². The van der Waals surface area contributed by atoms with Crippen LogP contribution in [0.25, 0.3) is 5.69 Å². The summed E-state index contributed by atoms with van der Waals surface area (Å²) in [5.41, 5.74) is 2.76. The van der Waals surface area contributed by atoms with E-state index in [2.05, 4.69) is 26.2 Å². The predicted octanol–water partition coefficient (Wildman–Crippen LogP) is 6.44. The largest absolute Gasteiger partial charge is 0.493 e. The van der Waals surface area contributed by atoms with Crippen LogP contribution >= 0.6 is 23.4 Å². The Bertz CT molecular complexity index is 1640. The van der Waals surface area contributed by atoms with E-state index in [0.717, 1.165) is 28.6 Å². The number of rotatable bonds is 12. The zero-order valence-corrected chi connectivity index (χ0v) is 26.8. The van der Waals surface area contributed by atoms with Crippen molar-refractivity contribution in [1.29, 1.82) is 0 Å². The van der Waals surface area contributed by atoms with Gasteiger partial charge >= 0.3 is 0 Å². The number of aromatic nitrogens is 4. The number of nitrogens with zero attached hydrogens (tertiary/aromatic N) is 4. The maximum Gasteiger partial charge on any atom is 0.245 e. The van der Waals surface area contributed by atoms with E-state index in [4.69, 9.17) is 16.3 Å². The van der Waals surface area contributed by atoms with Crippen LogP contribution in [0.4, 0.5) is 11.4 Å². The first kappa shape index (κ1) is 32.7. The van der Waals surface area contributed by atoms with E-state index >= 15 is 0 Å². The molecule has 44 heavy (non-hydrogen) atoms. The van der Waals surface area contributed by atoms with Crippen LogP contribution in [0.2, 0.25) is 5.02 Å². The number of amides is 2. The first-order valence-electron chi connectivity index (χ1n) is 14.1. The summed E-state index contributed by atoms with van der Waals surface area (Å²) in [6.45, 7) is 9.63. The zero-order chi connectivity index (χ0) is 31.9. The molecular weight excluding hydrogens is 600 g/mol. The third kappa shape index (κ3) is 8.67. The van der Waals surface area contributed by atoms with Crippen molar-refractivity contribution in [3.8, 4) is 11.4 Å². The highest BCUT2D eigenvalue weighted by Gasteiger charge is 2.37. The molecule has 0 radical (unpaired) electrons. The van der Waals surface area contributed by atoms with Gasteiger partial charge in [-0.3, -0.25) is 14.4 Å². The molecule has 0 saturated carbocycles. The van der Waals surface area contributed by atoms with Gasteiger partial charge in [0, 0.05) is 17.5 Å². The zero-order valence-electron chi connectivity index (χ0n) is 25.3. The van der Waals surface area contributed by atoms with Crippen LogP contribution in [-0.4, -0.2) is 49.7 Å². The summed E-state index contributed by atoms with van der Waals surface area (Å²) >= 11 is 7.36. The summed E-state index contributed by atoms with van der Waals surface area (Å²) in [4.78, 5) is 39.7. The van der Waals surface area contributed by atoms with E-state index in [-0.39, 0.29) is 34.0 Å². The number of para-hydroxylation sites is 1. The van der Waals surface area contributed by atoms with E-state index in [0.29, 0.717) is 24.4 Å². The molecule has 0 bridgehead atoms. The van der Waals surface area contributed by atoms with Crippen molar-refractivity contribution in [2.45, 2.75) is 57.9 Å². The minimum Gasteiger partial charge on any atom is -0.493 e. The fourth-order valence-electron chi connectivity index (χ4n) is 4.21. The SMILES string of the molecule is Cc1ccc(OCCCC(=O)Nc2ccc(Cl)c(NC(=O)C(Sc3nnnn3-c3ccccc3)C(=O)C(C)(C)C)c2)c(C)c1. The van der Waals surface area contributed by atoms with Gasteiger partial charge in [0.25, 0.3) is 0 Å². The number of benzene rings is 3. The molecular formula is C32H35ClN6O4S. The summed E-state index contributed by atoms with van der Waals surface area (Å²) in [5.74, 6) is -0.317. The van der Waals surface area contributed by atoms with Gasteiger partial charge in [-0.15, -0.1) is 5.10 Å². The molecule has 1 atom stereocenters. The van der Waals surface area contributed by atoms with Gasteiger partial charge in [0.15, 0.2) is 11.0 Å². The molecule has 4 aromatic rings. The van der Waals surface area contributed by atoms with Gasteiger partial charge in [0.2, 0.25) is 17.0 Å². The van der Waals surface area contributed by atoms with Gasteiger partial charge < -0.3 is 15.4 Å². The Morgan fingerprint density at radius 1 is 1.00 bits per heavy atom. The number of aryl methyl sites for hydroxylation is 2. The molecule has 0 saturated heterocycles. The lowest BCUT2D eigenvalue weighted by Gasteiger charge is -2.23. The molecule has 0 aliphatic rings. The van der Waals surface area contributed by atoms with Crippen LogP contribution in [0.5, 0.6) is 5.75 Å². The first-order chi connectivity index (χ1) is 20.9. The topological polar surface area (TPSA) is 128 Å². The van der Waals surface area contributed by atoms with E-state index in [1.165, 1.54) is 4.68 Å². The van der Waals surface area contributed by atoms with Crippen LogP contribution in [-0.2, 0) is 14.4 Å². The molecule has 2 amide bonds. The molecule has 0 spiro atoms. The number of halogens is 1. The number of tetrazole rings is 1. The van der Waals surface area contributed by atoms with Crippen LogP contribution in [0.15, 0.2) is 71.9 Å². The molecule has 4 rings (SSSR count). The van der Waals surface area contributed by atoms with Gasteiger partial charge in [-0.2, -0.15) is 4.68 Å². The maximum absolute atomic E-state index is 13.6. The molecule has 2 N–H and O–H groups in total. The van der Waals surface area contributed by atoms with Gasteiger partial charge in [-0.25, -0.2) is 0 Å². The molecule has 0 aliphatic heterocycles. The molecule has 0 fully saturated rings. The average Bonchev–Trinajstić information content (AvgIpc) is 3.44. The van der Waals surface area contributed by atoms with E-state index in [9.17, 15) is 14.4 Å². The van der Waals surface area contributed by atoms with Crippen molar-refractivity contribution in [3.05, 3.63) is 82.9 Å². The number of carbonyl (C=O) groups excluding carboxylic acids is 3. The number of hydrogen-bond donors (Lipinski definition) is 2. The average molecular weight is 635 g/mol. The van der Waals surface area contributed by atoms with Gasteiger partial charge in [0.1, 0.15) is 5.75 Å². The van der Waals surface area contributed by atoms with Crippen LogP contribution < -0.4 is 15.4 Å². The number of thioether (sulfide) groups is 1. The Morgan fingerprint density at radius 2 is 1.75 bits per heavy atom. The maximum atomic E-state index is 13.6. The van der Waals surface area contributed by atoms with Crippen LogP contribution in [0.3, 0.4) is 0 Å². The molecule has 0 aliphatic carbocycles. The van der Waals surface area contributed by atoms with Gasteiger partial charge in [0.05, 0.1) is 23.0 Å². The van der Waals surface area contributed by atoms with Crippen molar-refractivity contribution >= 4 is 52.3 Å². The van der Waals surface area contributed by atoms with Crippen molar-refractivity contribution in [2.24, 2.45) is 5.41 Å². The second-order valence-electron chi connectivity index (χ2n) is 11.3. The lowest BCUT2D eigenvalue weighted by atomic mass is 9.88. The molecule has 1 unspecified atom stereocenters. The van der Waals surface area contributed by atoms with Crippen LogP contribution in [0, 0.1) is 19.3 Å². The summed E-state index contributed by atoms with van der Waals surface area (Å²) in [7, 11) is 0. The minimum absolute atomic E-state index is 0.210. The molecule has 1 aromatic heterocycles. The Kier molecular flexibility index (Phi) is 10.8. The number of ketones is 1. The van der Waals surface area contributed by atoms with E-state index < -0.39 is 16.6 Å². The second-order valence-corrected chi connectivity index (χ2v) is 12.8. The summed E-state index contributed by atoms with van der Waals surface area (Å²) in [6.07, 6.45) is 0.761. The Morgan fingerprint density at radius 3 is 2.45 bits per heavy atom. The van der Waals surface area contributed by atoms with Crippen molar-refractivity contribution < 1.29 is 19.1 Å². The lowest BCUT2D eigenvalue weighted by Crippen LogP contribution is -2.39. The van der Waals surface area contributed by atoms with Gasteiger partial charge in [-0.05, 0) is 72.7 Å². The Labute approximate surface area is 265 Å². The molecule has 3 aromatic carbocycles.